The number of sulfonamides is 1. The summed E-state index contributed by atoms with van der Waals surface area (Å²) < 4.78 is 53.6. The van der Waals surface area contributed by atoms with Gasteiger partial charge in [0, 0.05) is 23.2 Å². The van der Waals surface area contributed by atoms with Crippen LogP contribution >= 0.6 is 0 Å². The number of fused-ring (bicyclic) bond motifs is 1. The first-order valence-electron chi connectivity index (χ1n) is 11.5. The van der Waals surface area contributed by atoms with E-state index in [2.05, 4.69) is 9.71 Å². The number of H-pyrrole nitrogens is 1. The standard InChI is InChI=1S/C27H26FN3O6S/c1-36-26-14-18(7-13-27(32)30-33)6-12-25(26)37-17-21(15-19-16-29-24-5-3-2-4-23(19)24)31-38(34,35)22-10-8-20(28)9-11-22/h2-14,16,21,29,31,33H,15,17H2,1H3,(H,30,32)/b13-7+/t21-/m0/s1. The summed E-state index contributed by atoms with van der Waals surface area (Å²) in [5.41, 5.74) is 3.94. The van der Waals surface area contributed by atoms with Gasteiger partial charge in [0.25, 0.3) is 5.91 Å². The number of hydrogen-bond acceptors (Lipinski definition) is 6. The smallest absolute Gasteiger partial charge is 0.267 e. The van der Waals surface area contributed by atoms with Crippen molar-refractivity contribution >= 4 is 32.9 Å². The molecule has 4 N–H and O–H groups in total. The molecular formula is C27H26FN3O6S. The van der Waals surface area contributed by atoms with Gasteiger partial charge in [-0.2, -0.15) is 0 Å². The zero-order valence-corrected chi connectivity index (χ0v) is 21.2. The lowest BCUT2D eigenvalue weighted by Crippen LogP contribution is -2.40. The zero-order valence-electron chi connectivity index (χ0n) is 20.3. The Morgan fingerprint density at radius 2 is 1.87 bits per heavy atom. The van der Waals surface area contributed by atoms with Gasteiger partial charge >= 0.3 is 0 Å². The highest BCUT2D eigenvalue weighted by atomic mass is 32.2. The molecule has 0 spiro atoms. The van der Waals surface area contributed by atoms with E-state index in [9.17, 15) is 17.6 Å². The second-order valence-electron chi connectivity index (χ2n) is 8.37. The van der Waals surface area contributed by atoms with Crippen molar-refractivity contribution in [3.05, 3.63) is 95.9 Å². The normalized spacial score (nSPS) is 12.5. The van der Waals surface area contributed by atoms with Crippen LogP contribution in [0.4, 0.5) is 4.39 Å². The maximum atomic E-state index is 13.4. The summed E-state index contributed by atoms with van der Waals surface area (Å²) in [5.74, 6) is -0.493. The molecule has 4 aromatic rings. The lowest BCUT2D eigenvalue weighted by atomic mass is 10.1. The fraction of sp³-hybridized carbons (Fsp3) is 0.148. The SMILES string of the molecule is COc1cc(/C=C/C(=O)NO)ccc1OC[C@H](Cc1c[nH]c2ccccc12)NS(=O)(=O)c1ccc(F)cc1. The molecule has 11 heteroatoms. The third-order valence-corrected chi connectivity index (χ3v) is 7.29. The molecule has 0 aliphatic carbocycles. The minimum Gasteiger partial charge on any atom is -0.493 e. The number of amides is 1. The highest BCUT2D eigenvalue weighted by molar-refractivity contribution is 7.89. The number of aromatic nitrogens is 1. The summed E-state index contributed by atoms with van der Waals surface area (Å²) in [7, 11) is -2.53. The number of para-hydroxylation sites is 1. The second kappa shape index (κ2) is 11.9. The summed E-state index contributed by atoms with van der Waals surface area (Å²) in [5, 5.41) is 9.59. The monoisotopic (exact) mass is 539 g/mol. The van der Waals surface area contributed by atoms with Gasteiger partial charge in [0.05, 0.1) is 18.0 Å². The maximum absolute atomic E-state index is 13.4. The number of carbonyl (C=O) groups is 1. The van der Waals surface area contributed by atoms with Gasteiger partial charge in [0.15, 0.2) is 11.5 Å². The molecule has 0 bridgehead atoms. The molecule has 38 heavy (non-hydrogen) atoms. The lowest BCUT2D eigenvalue weighted by molar-refractivity contribution is -0.124. The minimum absolute atomic E-state index is 0.0433. The number of hydrogen-bond donors (Lipinski definition) is 4. The van der Waals surface area contributed by atoms with Gasteiger partial charge in [0.2, 0.25) is 10.0 Å². The average molecular weight is 540 g/mol. The summed E-state index contributed by atoms with van der Waals surface area (Å²) in [6.07, 6.45) is 4.77. The van der Waals surface area contributed by atoms with Crippen molar-refractivity contribution in [1.82, 2.24) is 15.2 Å². The van der Waals surface area contributed by atoms with Crippen LogP contribution in [-0.2, 0) is 21.2 Å². The van der Waals surface area contributed by atoms with Crippen LogP contribution in [0.15, 0.2) is 83.9 Å². The third kappa shape index (κ3) is 6.57. The number of halogens is 1. The Morgan fingerprint density at radius 3 is 2.61 bits per heavy atom. The van der Waals surface area contributed by atoms with Crippen LogP contribution in [0.2, 0.25) is 0 Å². The fourth-order valence-electron chi connectivity index (χ4n) is 3.91. The van der Waals surface area contributed by atoms with E-state index in [0.717, 1.165) is 34.7 Å². The number of ether oxygens (including phenoxy) is 2. The van der Waals surface area contributed by atoms with Crippen molar-refractivity contribution in [3.8, 4) is 11.5 Å². The first-order chi connectivity index (χ1) is 18.3. The molecule has 0 radical (unpaired) electrons. The van der Waals surface area contributed by atoms with Gasteiger partial charge in [-0.1, -0.05) is 24.3 Å². The topological polar surface area (TPSA) is 130 Å². The van der Waals surface area contributed by atoms with Gasteiger partial charge in [-0.25, -0.2) is 23.0 Å². The third-order valence-electron chi connectivity index (χ3n) is 5.75. The van der Waals surface area contributed by atoms with Crippen LogP contribution in [0.3, 0.4) is 0 Å². The van der Waals surface area contributed by atoms with Crippen LogP contribution in [0, 0.1) is 5.82 Å². The molecular weight excluding hydrogens is 513 g/mol. The van der Waals surface area contributed by atoms with Crippen LogP contribution in [0.25, 0.3) is 17.0 Å². The maximum Gasteiger partial charge on any atom is 0.267 e. The van der Waals surface area contributed by atoms with Crippen molar-refractivity contribution in [2.24, 2.45) is 0 Å². The molecule has 0 aliphatic heterocycles. The lowest BCUT2D eigenvalue weighted by Gasteiger charge is -2.20. The minimum atomic E-state index is -3.98. The van der Waals surface area contributed by atoms with Crippen LogP contribution in [0.1, 0.15) is 11.1 Å². The van der Waals surface area contributed by atoms with E-state index in [-0.39, 0.29) is 11.5 Å². The Kier molecular flexibility index (Phi) is 8.41. The number of carbonyl (C=O) groups excluding carboxylic acids is 1. The zero-order chi connectivity index (χ0) is 27.1. The molecule has 0 saturated carbocycles. The van der Waals surface area contributed by atoms with E-state index >= 15 is 0 Å². The van der Waals surface area contributed by atoms with Gasteiger partial charge in [0.1, 0.15) is 12.4 Å². The number of methoxy groups -OCH3 is 1. The Hall–Kier alpha value is -4.19. The highest BCUT2D eigenvalue weighted by Gasteiger charge is 2.23. The molecule has 9 nitrogen and oxygen atoms in total. The predicted molar refractivity (Wildman–Crippen MR) is 140 cm³/mol. The van der Waals surface area contributed by atoms with Crippen LogP contribution in [0.5, 0.6) is 11.5 Å². The Balaban J connectivity index is 1.58. The highest BCUT2D eigenvalue weighted by Crippen LogP contribution is 2.29. The van der Waals surface area contributed by atoms with E-state index in [1.54, 1.807) is 18.2 Å². The van der Waals surface area contributed by atoms with E-state index in [0.29, 0.717) is 23.5 Å². The van der Waals surface area contributed by atoms with Gasteiger partial charge in [-0.3, -0.25) is 10.0 Å². The molecule has 1 heterocycles. The number of benzene rings is 3. The summed E-state index contributed by atoms with van der Waals surface area (Å²) >= 11 is 0. The molecule has 4 rings (SSSR count). The molecule has 0 aliphatic rings. The quantitative estimate of drug-likeness (QED) is 0.130. The molecule has 0 unspecified atom stereocenters. The predicted octanol–water partition coefficient (Wildman–Crippen LogP) is 3.80. The molecule has 198 valence electrons. The first kappa shape index (κ1) is 26.9. The van der Waals surface area contributed by atoms with Gasteiger partial charge in [-0.05, 0) is 66.1 Å². The number of nitrogens with one attached hydrogen (secondary N) is 3. The van der Waals surface area contributed by atoms with Crippen molar-refractivity contribution in [2.75, 3.05) is 13.7 Å². The molecule has 0 fully saturated rings. The van der Waals surface area contributed by atoms with Gasteiger partial charge in [-0.15, -0.1) is 0 Å². The first-order valence-corrected chi connectivity index (χ1v) is 13.0. The second-order valence-corrected chi connectivity index (χ2v) is 10.1. The van der Waals surface area contributed by atoms with Crippen molar-refractivity contribution in [1.29, 1.82) is 0 Å². The van der Waals surface area contributed by atoms with E-state index < -0.39 is 27.8 Å². The van der Waals surface area contributed by atoms with Crippen LogP contribution in [-0.4, -0.2) is 44.3 Å². The molecule has 1 aromatic heterocycles. The Morgan fingerprint density at radius 1 is 1.11 bits per heavy atom. The summed E-state index contributed by atoms with van der Waals surface area (Å²) in [4.78, 5) is 14.4. The van der Waals surface area contributed by atoms with Crippen molar-refractivity contribution < 1.29 is 32.3 Å². The molecule has 3 aromatic carbocycles. The van der Waals surface area contributed by atoms with Crippen molar-refractivity contribution in [2.45, 2.75) is 17.4 Å². The molecule has 1 atom stereocenters. The number of hydroxylamine groups is 1. The Bertz CT molecular complexity index is 1550. The largest absolute Gasteiger partial charge is 0.493 e. The van der Waals surface area contributed by atoms with Gasteiger partial charge < -0.3 is 14.5 Å². The number of rotatable bonds is 11. The van der Waals surface area contributed by atoms with E-state index in [4.69, 9.17) is 14.7 Å². The number of aromatic amines is 1. The van der Waals surface area contributed by atoms with Crippen LogP contribution < -0.4 is 19.7 Å². The summed E-state index contributed by atoms with van der Waals surface area (Å²) in [6.45, 7) is -0.0433. The molecule has 0 saturated heterocycles. The van der Waals surface area contributed by atoms with Crippen molar-refractivity contribution in [3.63, 3.8) is 0 Å². The van der Waals surface area contributed by atoms with E-state index in [1.165, 1.54) is 30.8 Å². The van der Waals surface area contributed by atoms with E-state index in [1.807, 2.05) is 30.5 Å². The molecule has 1 amide bonds. The average Bonchev–Trinajstić information content (AvgIpc) is 3.33. The Labute approximate surface area is 218 Å². The fourth-order valence-corrected chi connectivity index (χ4v) is 5.13. The summed E-state index contributed by atoms with van der Waals surface area (Å²) in [6, 6.07) is 16.5.